The number of sulfonamides is 2. The van der Waals surface area contributed by atoms with Crippen molar-refractivity contribution in [2.75, 3.05) is 5.32 Å². The Labute approximate surface area is 288 Å². The summed E-state index contributed by atoms with van der Waals surface area (Å²) in [4.78, 5) is 12.4. The van der Waals surface area contributed by atoms with Crippen molar-refractivity contribution < 1.29 is 42.1 Å². The summed E-state index contributed by atoms with van der Waals surface area (Å²) in [6, 6.07) is 10.8. The number of aliphatic hydroxyl groups is 4. The number of primary sulfonamides is 1. The van der Waals surface area contributed by atoms with Crippen LogP contribution in [0.15, 0.2) is 58.3 Å². The molecule has 0 spiro atoms. The summed E-state index contributed by atoms with van der Waals surface area (Å²) in [6.07, 6.45) is -3.54. The lowest BCUT2D eigenvalue weighted by Crippen LogP contribution is -2.35. The van der Waals surface area contributed by atoms with Gasteiger partial charge in [-0.25, -0.2) is 31.5 Å². The van der Waals surface area contributed by atoms with Crippen LogP contribution in [0.4, 0.5) is 10.5 Å². The van der Waals surface area contributed by atoms with Gasteiger partial charge < -0.3 is 25.7 Å². The molecule has 0 bridgehead atoms. The van der Waals surface area contributed by atoms with Gasteiger partial charge in [-0.15, -0.1) is 0 Å². The van der Waals surface area contributed by atoms with Crippen LogP contribution >= 0.6 is 11.6 Å². The molecule has 266 valence electrons. The molecule has 4 unspecified atom stereocenters. The zero-order valence-corrected chi connectivity index (χ0v) is 30.6. The highest BCUT2D eigenvalue weighted by Crippen LogP contribution is 2.35. The second-order valence-electron chi connectivity index (χ2n) is 12.2. The molecular formula is C33H46ClN3O9S2. The minimum absolute atomic E-state index is 0.0365. The number of carbonyl (C=O) groups is 1. The van der Waals surface area contributed by atoms with E-state index in [0.29, 0.717) is 33.0 Å². The molecule has 3 aromatic carbocycles. The van der Waals surface area contributed by atoms with Gasteiger partial charge in [-0.05, 0) is 109 Å². The highest BCUT2D eigenvalue weighted by atomic mass is 35.5. The van der Waals surface area contributed by atoms with E-state index >= 15 is 0 Å². The highest BCUT2D eigenvalue weighted by Gasteiger charge is 2.24. The molecule has 3 rings (SSSR count). The average Bonchev–Trinajstić information content (AvgIpc) is 2.96. The quantitative estimate of drug-likeness (QED) is 0.137. The van der Waals surface area contributed by atoms with Crippen LogP contribution in [-0.4, -0.2) is 43.3 Å². The zero-order valence-electron chi connectivity index (χ0n) is 28.2. The van der Waals surface area contributed by atoms with Gasteiger partial charge in [0.1, 0.15) is 0 Å². The monoisotopic (exact) mass is 727 g/mol. The summed E-state index contributed by atoms with van der Waals surface area (Å²) in [7, 11) is -8.11. The lowest BCUT2D eigenvalue weighted by atomic mass is 9.92. The molecule has 0 aliphatic carbocycles. The Morgan fingerprint density at radius 1 is 0.625 bits per heavy atom. The van der Waals surface area contributed by atoms with E-state index in [0.717, 1.165) is 11.1 Å². The molecule has 12 nitrogen and oxygen atoms in total. The molecule has 15 heteroatoms. The fourth-order valence-corrected chi connectivity index (χ4v) is 6.43. The number of anilines is 1. The summed E-state index contributed by atoms with van der Waals surface area (Å²) in [5.74, 6) is 0.0730. The van der Waals surface area contributed by atoms with Crippen molar-refractivity contribution >= 4 is 43.4 Å². The van der Waals surface area contributed by atoms with Gasteiger partial charge in [-0.3, -0.25) is 0 Å². The van der Waals surface area contributed by atoms with E-state index in [1.807, 2.05) is 32.4 Å². The molecule has 0 fully saturated rings. The molecule has 0 aliphatic rings. The maximum absolute atomic E-state index is 12.9. The molecule has 4 atom stereocenters. The highest BCUT2D eigenvalue weighted by molar-refractivity contribution is 7.90. The Morgan fingerprint density at radius 2 is 0.958 bits per heavy atom. The standard InChI is InChI=1S/C23H31ClN2O5S.C10H15NO4S/c1-12(2)20-10-18(24)11-21(13(3)4)22(20)25-23(29)26-32(30,31)19-8-16(14(5)27)7-17(9-19)15(6)28;1-6(12)8-3-9(7(2)13)5-10(4-8)16(11,14)15/h7-15,27-28H,1-6H3,(H2,25,26,29);3-7,12-13H,1-2H3,(H2,11,14,15). The Hall–Kier alpha value is -3.08. The maximum Gasteiger partial charge on any atom is 0.333 e. The van der Waals surface area contributed by atoms with Crippen LogP contribution in [0, 0.1) is 0 Å². The van der Waals surface area contributed by atoms with Gasteiger partial charge in [0.25, 0.3) is 10.0 Å². The number of nitrogens with one attached hydrogen (secondary N) is 2. The average molecular weight is 728 g/mol. The number of halogens is 1. The van der Waals surface area contributed by atoms with Crippen molar-refractivity contribution in [3.63, 3.8) is 0 Å². The summed E-state index contributed by atoms with van der Waals surface area (Å²) >= 11 is 6.25. The van der Waals surface area contributed by atoms with Crippen molar-refractivity contribution in [1.29, 1.82) is 0 Å². The predicted molar refractivity (Wildman–Crippen MR) is 186 cm³/mol. The van der Waals surface area contributed by atoms with Crippen LogP contribution in [0.25, 0.3) is 0 Å². The molecule has 48 heavy (non-hydrogen) atoms. The maximum atomic E-state index is 12.9. The van der Waals surface area contributed by atoms with E-state index in [1.54, 1.807) is 18.2 Å². The number of hydrogen-bond acceptors (Lipinski definition) is 9. The van der Waals surface area contributed by atoms with Gasteiger partial charge in [0.2, 0.25) is 10.0 Å². The molecule has 2 amide bonds. The van der Waals surface area contributed by atoms with Crippen LogP contribution in [0.2, 0.25) is 5.02 Å². The van der Waals surface area contributed by atoms with Crippen molar-refractivity contribution in [3.8, 4) is 0 Å². The predicted octanol–water partition coefficient (Wildman–Crippen LogP) is 5.64. The lowest BCUT2D eigenvalue weighted by molar-refractivity contribution is 0.191. The first-order chi connectivity index (χ1) is 21.9. The first-order valence-electron chi connectivity index (χ1n) is 15.2. The van der Waals surface area contributed by atoms with Crippen molar-refractivity contribution in [2.24, 2.45) is 5.14 Å². The van der Waals surface area contributed by atoms with E-state index in [9.17, 15) is 42.1 Å². The van der Waals surface area contributed by atoms with E-state index < -0.39 is 50.5 Å². The molecule has 0 saturated heterocycles. The second-order valence-corrected chi connectivity index (χ2v) is 15.9. The van der Waals surface area contributed by atoms with Crippen molar-refractivity contribution in [2.45, 2.75) is 101 Å². The van der Waals surface area contributed by atoms with Gasteiger partial charge in [0.15, 0.2) is 0 Å². The summed E-state index contributed by atoms with van der Waals surface area (Å²) in [6.45, 7) is 13.8. The van der Waals surface area contributed by atoms with Crippen LogP contribution in [0.1, 0.15) is 125 Å². The number of rotatable bonds is 10. The number of aliphatic hydroxyl groups excluding tert-OH is 4. The number of urea groups is 1. The van der Waals surface area contributed by atoms with E-state index in [-0.39, 0.29) is 21.6 Å². The van der Waals surface area contributed by atoms with E-state index in [2.05, 4.69) is 5.32 Å². The molecule has 0 aliphatic heterocycles. The number of amides is 2. The number of benzene rings is 3. The smallest absolute Gasteiger partial charge is 0.333 e. The number of hydrogen-bond donors (Lipinski definition) is 7. The van der Waals surface area contributed by atoms with Crippen LogP contribution < -0.4 is 15.2 Å². The molecule has 0 radical (unpaired) electrons. The first kappa shape index (κ1) is 41.1. The SMILES string of the molecule is CC(C)c1cc(Cl)cc(C(C)C)c1NC(=O)NS(=O)(=O)c1cc(C(C)O)cc(C(C)O)c1.CC(O)c1cc(C(C)O)cc(S(N)(=O)=O)c1. The Morgan fingerprint density at radius 3 is 1.25 bits per heavy atom. The van der Waals surface area contributed by atoms with E-state index in [4.69, 9.17) is 16.7 Å². The van der Waals surface area contributed by atoms with Gasteiger partial charge in [0, 0.05) is 10.7 Å². The fraction of sp³-hybridized carbons (Fsp3) is 0.424. The van der Waals surface area contributed by atoms with Gasteiger partial charge in [-0.2, -0.15) is 0 Å². The lowest BCUT2D eigenvalue weighted by Gasteiger charge is -2.21. The third-order valence-corrected chi connectivity index (χ3v) is 9.77. The van der Waals surface area contributed by atoms with Crippen molar-refractivity contribution in [1.82, 2.24) is 4.72 Å². The molecule has 0 heterocycles. The van der Waals surface area contributed by atoms with Crippen LogP contribution in [0.3, 0.4) is 0 Å². The number of nitrogens with two attached hydrogens (primary N) is 1. The molecule has 0 aromatic heterocycles. The Balaban J connectivity index is 0.000000419. The fourth-order valence-electron chi connectivity index (χ4n) is 4.60. The van der Waals surface area contributed by atoms with Gasteiger partial charge >= 0.3 is 6.03 Å². The minimum Gasteiger partial charge on any atom is -0.389 e. The summed E-state index contributed by atoms with van der Waals surface area (Å²) in [5.41, 5.74) is 3.54. The third-order valence-electron chi connectivity index (χ3n) is 7.34. The van der Waals surface area contributed by atoms with Crippen LogP contribution in [-0.2, 0) is 20.0 Å². The Kier molecular flexibility index (Phi) is 14.2. The zero-order chi connectivity index (χ0) is 36.9. The normalized spacial score (nSPS) is 14.5. The number of carbonyl (C=O) groups excluding carboxylic acids is 1. The van der Waals surface area contributed by atoms with Gasteiger partial charge in [-0.1, -0.05) is 51.4 Å². The molecular weight excluding hydrogens is 682 g/mol. The topological polar surface area (TPSA) is 216 Å². The second kappa shape index (κ2) is 16.5. The molecule has 8 N–H and O–H groups in total. The van der Waals surface area contributed by atoms with E-state index in [1.165, 1.54) is 58.0 Å². The minimum atomic E-state index is -4.28. The van der Waals surface area contributed by atoms with Gasteiger partial charge in [0.05, 0.1) is 34.2 Å². The van der Waals surface area contributed by atoms with Crippen molar-refractivity contribution in [3.05, 3.63) is 86.9 Å². The summed E-state index contributed by atoms with van der Waals surface area (Å²) < 4.78 is 50.3. The summed E-state index contributed by atoms with van der Waals surface area (Å²) in [5, 5.41) is 46.8. The largest absolute Gasteiger partial charge is 0.389 e. The third kappa shape index (κ3) is 11.2. The Bertz CT molecular complexity index is 1740. The molecule has 0 saturated carbocycles. The van der Waals surface area contributed by atoms with Crippen LogP contribution in [0.5, 0.6) is 0 Å². The molecule has 3 aromatic rings. The first-order valence-corrected chi connectivity index (χ1v) is 18.6.